The first-order valence-corrected chi connectivity index (χ1v) is 6.69. The lowest BCUT2D eigenvalue weighted by atomic mass is 10.2. The molecular formula is C9H12Br2ClN3. The molecule has 0 unspecified atom stereocenters. The molecule has 0 spiro atoms. The summed E-state index contributed by atoms with van der Waals surface area (Å²) in [5.74, 6) is 0.692. The monoisotopic (exact) mass is 355 g/mol. The predicted octanol–water partition coefficient (Wildman–Crippen LogP) is 4.26. The van der Waals surface area contributed by atoms with Gasteiger partial charge in [-0.15, -0.1) is 0 Å². The fourth-order valence-corrected chi connectivity index (χ4v) is 2.16. The summed E-state index contributed by atoms with van der Waals surface area (Å²) in [6.45, 7) is 4.26. The summed E-state index contributed by atoms with van der Waals surface area (Å²) >= 11 is 12.4. The van der Waals surface area contributed by atoms with Crippen LogP contribution in [0, 0.1) is 0 Å². The first-order chi connectivity index (χ1) is 7.08. The van der Waals surface area contributed by atoms with Gasteiger partial charge >= 0.3 is 0 Å². The van der Waals surface area contributed by atoms with Crippen molar-refractivity contribution in [3.05, 3.63) is 14.4 Å². The maximum atomic E-state index is 5.87. The first-order valence-electron chi connectivity index (χ1n) is 4.73. The summed E-state index contributed by atoms with van der Waals surface area (Å²) in [6, 6.07) is 0.396. The molecule has 6 heteroatoms. The molecule has 0 aliphatic rings. The van der Waals surface area contributed by atoms with Crippen molar-refractivity contribution in [2.75, 3.05) is 5.32 Å². The van der Waals surface area contributed by atoms with Crippen molar-refractivity contribution in [3.63, 3.8) is 0 Å². The number of aromatic nitrogens is 2. The minimum absolute atomic E-state index is 0.367. The normalized spacial score (nSPS) is 10.8. The second-order valence-corrected chi connectivity index (χ2v) is 4.96. The number of rotatable bonds is 4. The topological polar surface area (TPSA) is 37.8 Å². The highest BCUT2D eigenvalue weighted by molar-refractivity contribution is 9.11. The average Bonchev–Trinajstić information content (AvgIpc) is 2.21. The molecule has 0 radical (unpaired) electrons. The van der Waals surface area contributed by atoms with E-state index in [4.69, 9.17) is 11.6 Å². The largest absolute Gasteiger partial charge is 0.365 e. The van der Waals surface area contributed by atoms with E-state index >= 15 is 0 Å². The third-order valence-electron chi connectivity index (χ3n) is 2.10. The molecular weight excluding hydrogens is 345 g/mol. The molecule has 0 bridgehead atoms. The highest BCUT2D eigenvalue weighted by Crippen LogP contribution is 2.26. The number of anilines is 1. The zero-order chi connectivity index (χ0) is 11.4. The van der Waals surface area contributed by atoms with Crippen LogP contribution in [0.5, 0.6) is 0 Å². The number of nitrogens with zero attached hydrogens (tertiary/aromatic N) is 2. The van der Waals surface area contributed by atoms with E-state index in [1.807, 2.05) is 0 Å². The molecule has 1 aromatic rings. The highest BCUT2D eigenvalue weighted by Gasteiger charge is 2.11. The SMILES string of the molecule is CCC(CC)Nc1nc(Cl)c(Br)nc1Br. The number of hydrogen-bond acceptors (Lipinski definition) is 3. The minimum Gasteiger partial charge on any atom is -0.365 e. The van der Waals surface area contributed by atoms with Gasteiger partial charge in [0.25, 0.3) is 0 Å². The highest BCUT2D eigenvalue weighted by atomic mass is 79.9. The van der Waals surface area contributed by atoms with Gasteiger partial charge in [-0.1, -0.05) is 25.4 Å². The van der Waals surface area contributed by atoms with Crippen molar-refractivity contribution in [2.45, 2.75) is 32.7 Å². The standard InChI is InChI=1S/C9H12Br2ClN3/c1-3-5(4-2)13-9-7(11)14-6(10)8(12)15-9/h5H,3-4H2,1-2H3,(H,13,15). The van der Waals surface area contributed by atoms with Gasteiger partial charge in [-0.25, -0.2) is 9.97 Å². The van der Waals surface area contributed by atoms with Gasteiger partial charge in [0, 0.05) is 6.04 Å². The Hall–Kier alpha value is 0.130. The Kier molecular flexibility index (Phi) is 5.29. The average molecular weight is 357 g/mol. The molecule has 1 rings (SSSR count). The molecule has 0 saturated heterocycles. The number of halogens is 3. The van der Waals surface area contributed by atoms with Crippen molar-refractivity contribution in [3.8, 4) is 0 Å². The lowest BCUT2D eigenvalue weighted by Crippen LogP contribution is -2.18. The summed E-state index contributed by atoms with van der Waals surface area (Å²) in [4.78, 5) is 8.38. The second kappa shape index (κ2) is 6.01. The van der Waals surface area contributed by atoms with Gasteiger partial charge < -0.3 is 5.32 Å². The summed E-state index contributed by atoms with van der Waals surface area (Å²) in [7, 11) is 0. The van der Waals surface area contributed by atoms with E-state index in [1.54, 1.807) is 0 Å². The Balaban J connectivity index is 2.89. The predicted molar refractivity (Wildman–Crippen MR) is 70.4 cm³/mol. The molecule has 0 aromatic carbocycles. The fraction of sp³-hybridized carbons (Fsp3) is 0.556. The molecule has 0 fully saturated rings. The van der Waals surface area contributed by atoms with Crippen LogP contribution in [0.3, 0.4) is 0 Å². The van der Waals surface area contributed by atoms with Crippen LogP contribution in [0.2, 0.25) is 5.15 Å². The van der Waals surface area contributed by atoms with Crippen LogP contribution < -0.4 is 5.32 Å². The van der Waals surface area contributed by atoms with Crippen LogP contribution in [-0.4, -0.2) is 16.0 Å². The molecule has 1 N–H and O–H groups in total. The Bertz CT molecular complexity index is 342. The van der Waals surface area contributed by atoms with Crippen molar-refractivity contribution in [2.24, 2.45) is 0 Å². The van der Waals surface area contributed by atoms with Crippen molar-refractivity contribution in [1.29, 1.82) is 0 Å². The van der Waals surface area contributed by atoms with Crippen molar-refractivity contribution < 1.29 is 0 Å². The van der Waals surface area contributed by atoms with Crippen LogP contribution in [-0.2, 0) is 0 Å². The molecule has 3 nitrogen and oxygen atoms in total. The maximum absolute atomic E-state index is 5.87. The zero-order valence-electron chi connectivity index (χ0n) is 8.52. The van der Waals surface area contributed by atoms with Gasteiger partial charge in [0.1, 0.15) is 9.21 Å². The van der Waals surface area contributed by atoms with Gasteiger partial charge in [0.15, 0.2) is 11.0 Å². The zero-order valence-corrected chi connectivity index (χ0v) is 12.4. The Morgan fingerprint density at radius 1 is 1.20 bits per heavy atom. The van der Waals surface area contributed by atoms with Crippen molar-refractivity contribution >= 4 is 49.3 Å². The molecule has 0 saturated carbocycles. The molecule has 1 heterocycles. The van der Waals surface area contributed by atoms with E-state index < -0.39 is 0 Å². The van der Waals surface area contributed by atoms with Gasteiger partial charge in [0.2, 0.25) is 0 Å². The van der Waals surface area contributed by atoms with E-state index in [-0.39, 0.29) is 0 Å². The third-order valence-corrected chi connectivity index (χ3v) is 3.70. The van der Waals surface area contributed by atoms with E-state index in [2.05, 4.69) is 61.0 Å². The first kappa shape index (κ1) is 13.2. The van der Waals surface area contributed by atoms with E-state index in [1.165, 1.54) is 0 Å². The molecule has 84 valence electrons. The van der Waals surface area contributed by atoms with Gasteiger partial charge in [0.05, 0.1) is 0 Å². The summed E-state index contributed by atoms with van der Waals surface area (Å²) in [5.41, 5.74) is 0. The minimum atomic E-state index is 0.367. The van der Waals surface area contributed by atoms with Gasteiger partial charge in [-0.2, -0.15) is 0 Å². The molecule has 15 heavy (non-hydrogen) atoms. The van der Waals surface area contributed by atoms with Crippen LogP contribution in [0.4, 0.5) is 5.82 Å². The van der Waals surface area contributed by atoms with E-state index in [0.717, 1.165) is 12.8 Å². The molecule has 0 aliphatic carbocycles. The quantitative estimate of drug-likeness (QED) is 0.875. The second-order valence-electron chi connectivity index (χ2n) is 3.10. The van der Waals surface area contributed by atoms with Gasteiger partial charge in [-0.05, 0) is 44.7 Å². The summed E-state index contributed by atoms with van der Waals surface area (Å²) in [5, 5.41) is 3.66. The third kappa shape index (κ3) is 3.57. The van der Waals surface area contributed by atoms with E-state index in [9.17, 15) is 0 Å². The van der Waals surface area contributed by atoms with Crippen LogP contribution in [0.1, 0.15) is 26.7 Å². The molecule has 0 amide bonds. The number of hydrogen-bond donors (Lipinski definition) is 1. The lowest BCUT2D eigenvalue weighted by molar-refractivity contribution is 0.667. The van der Waals surface area contributed by atoms with Crippen LogP contribution in [0.15, 0.2) is 9.21 Å². The van der Waals surface area contributed by atoms with Crippen LogP contribution >= 0.6 is 43.5 Å². The van der Waals surface area contributed by atoms with Crippen molar-refractivity contribution in [1.82, 2.24) is 9.97 Å². The molecule has 0 atom stereocenters. The maximum Gasteiger partial charge on any atom is 0.164 e. The fourth-order valence-electron chi connectivity index (χ4n) is 1.15. The summed E-state index contributed by atoms with van der Waals surface area (Å²) in [6.07, 6.45) is 2.08. The molecule has 0 aliphatic heterocycles. The van der Waals surface area contributed by atoms with Gasteiger partial charge in [-0.3, -0.25) is 0 Å². The Labute approximate surface area is 111 Å². The Morgan fingerprint density at radius 3 is 2.33 bits per heavy atom. The Morgan fingerprint density at radius 2 is 1.80 bits per heavy atom. The smallest absolute Gasteiger partial charge is 0.164 e. The lowest BCUT2D eigenvalue weighted by Gasteiger charge is -2.16. The van der Waals surface area contributed by atoms with Crippen LogP contribution in [0.25, 0.3) is 0 Å². The van der Waals surface area contributed by atoms with E-state index in [0.29, 0.717) is 26.2 Å². The molecule has 1 aromatic heterocycles. The number of nitrogens with one attached hydrogen (secondary N) is 1. The summed E-state index contributed by atoms with van der Waals surface area (Å²) < 4.78 is 1.22.